The summed E-state index contributed by atoms with van der Waals surface area (Å²) in [4.78, 5) is 21.8. The van der Waals surface area contributed by atoms with Crippen molar-refractivity contribution in [2.75, 3.05) is 38.3 Å². The molecular formula is C9H17N5O. The molecule has 1 aromatic heterocycles. The number of nitrogens with two attached hydrogens (primary N) is 1. The molecule has 0 aliphatic carbocycles. The molecule has 0 aliphatic heterocycles. The Kier molecular flexibility index (Phi) is 3.18. The van der Waals surface area contributed by atoms with Crippen LogP contribution in [0.2, 0.25) is 0 Å². The number of imidazole rings is 1. The second-order valence-electron chi connectivity index (χ2n) is 3.70. The van der Waals surface area contributed by atoms with E-state index in [4.69, 9.17) is 5.73 Å². The van der Waals surface area contributed by atoms with Gasteiger partial charge >= 0.3 is 0 Å². The largest absolute Gasteiger partial charge is 0.382 e. The normalized spacial score (nSPS) is 10.1. The van der Waals surface area contributed by atoms with Gasteiger partial charge in [0.2, 0.25) is 5.91 Å². The molecule has 0 aromatic carbocycles. The SMILES string of the molecule is Cc1nc(N(C)CC(=O)N(C)C)c(N)[nH]1. The van der Waals surface area contributed by atoms with Gasteiger partial charge in [0.05, 0.1) is 6.54 Å². The molecule has 0 saturated carbocycles. The Morgan fingerprint density at radius 3 is 2.47 bits per heavy atom. The van der Waals surface area contributed by atoms with E-state index < -0.39 is 0 Å². The van der Waals surface area contributed by atoms with Crippen LogP contribution >= 0.6 is 0 Å². The van der Waals surface area contributed by atoms with Crippen molar-refractivity contribution in [2.45, 2.75) is 6.92 Å². The molecule has 1 rings (SSSR count). The molecular weight excluding hydrogens is 194 g/mol. The molecule has 15 heavy (non-hydrogen) atoms. The average molecular weight is 211 g/mol. The quantitative estimate of drug-likeness (QED) is 0.727. The smallest absolute Gasteiger partial charge is 0.241 e. The topological polar surface area (TPSA) is 78.2 Å². The van der Waals surface area contributed by atoms with Crippen LogP contribution in [0.3, 0.4) is 0 Å². The number of likely N-dealkylation sites (N-methyl/N-ethyl adjacent to an activating group) is 2. The van der Waals surface area contributed by atoms with Gasteiger partial charge in [-0.1, -0.05) is 0 Å². The van der Waals surface area contributed by atoms with E-state index in [2.05, 4.69) is 9.97 Å². The molecule has 84 valence electrons. The van der Waals surface area contributed by atoms with Gasteiger partial charge in [-0.05, 0) is 6.92 Å². The predicted molar refractivity (Wildman–Crippen MR) is 59.7 cm³/mol. The van der Waals surface area contributed by atoms with E-state index >= 15 is 0 Å². The van der Waals surface area contributed by atoms with Crippen LogP contribution in [-0.4, -0.2) is 48.5 Å². The summed E-state index contributed by atoms with van der Waals surface area (Å²) in [6.07, 6.45) is 0. The molecule has 0 aliphatic rings. The first-order chi connectivity index (χ1) is 6.91. The molecule has 3 N–H and O–H groups in total. The monoisotopic (exact) mass is 211 g/mol. The molecule has 0 atom stereocenters. The number of carbonyl (C=O) groups excluding carboxylic acids is 1. The van der Waals surface area contributed by atoms with Gasteiger partial charge in [-0.3, -0.25) is 4.79 Å². The number of aromatic nitrogens is 2. The number of nitrogens with one attached hydrogen (secondary N) is 1. The summed E-state index contributed by atoms with van der Waals surface area (Å²) in [5.41, 5.74) is 5.71. The van der Waals surface area contributed by atoms with Crippen molar-refractivity contribution in [3.8, 4) is 0 Å². The lowest BCUT2D eigenvalue weighted by molar-refractivity contribution is -0.127. The maximum absolute atomic E-state index is 11.5. The molecule has 0 radical (unpaired) electrons. The van der Waals surface area contributed by atoms with Crippen molar-refractivity contribution in [3.05, 3.63) is 5.82 Å². The van der Waals surface area contributed by atoms with Gasteiger partial charge in [-0.15, -0.1) is 0 Å². The third-order valence-corrected chi connectivity index (χ3v) is 2.06. The van der Waals surface area contributed by atoms with Crippen molar-refractivity contribution in [3.63, 3.8) is 0 Å². The fraction of sp³-hybridized carbons (Fsp3) is 0.556. The molecule has 0 unspecified atom stereocenters. The number of nitrogens with zero attached hydrogens (tertiary/aromatic N) is 3. The number of nitrogen functional groups attached to an aromatic ring is 1. The summed E-state index contributed by atoms with van der Waals surface area (Å²) in [5.74, 6) is 1.86. The summed E-state index contributed by atoms with van der Waals surface area (Å²) in [5, 5.41) is 0. The number of H-pyrrole nitrogens is 1. The van der Waals surface area contributed by atoms with E-state index in [0.29, 0.717) is 11.6 Å². The van der Waals surface area contributed by atoms with E-state index in [1.165, 1.54) is 4.90 Å². The Morgan fingerprint density at radius 2 is 2.07 bits per heavy atom. The molecule has 1 heterocycles. The molecule has 0 fully saturated rings. The van der Waals surface area contributed by atoms with Gasteiger partial charge < -0.3 is 20.5 Å². The zero-order valence-electron chi connectivity index (χ0n) is 9.53. The third-order valence-electron chi connectivity index (χ3n) is 2.06. The van der Waals surface area contributed by atoms with Gasteiger partial charge in [-0.25, -0.2) is 4.98 Å². The molecule has 0 spiro atoms. The Balaban J connectivity index is 2.73. The number of aryl methyl sites for hydroxylation is 1. The van der Waals surface area contributed by atoms with E-state index in [1.54, 1.807) is 26.0 Å². The number of amides is 1. The molecule has 6 heteroatoms. The van der Waals surface area contributed by atoms with Crippen LogP contribution in [0.5, 0.6) is 0 Å². The maximum Gasteiger partial charge on any atom is 0.241 e. The molecule has 6 nitrogen and oxygen atoms in total. The second-order valence-corrected chi connectivity index (χ2v) is 3.70. The van der Waals surface area contributed by atoms with Crippen molar-refractivity contribution < 1.29 is 4.79 Å². The minimum Gasteiger partial charge on any atom is -0.382 e. The molecule has 1 aromatic rings. The third kappa shape index (κ3) is 2.61. The van der Waals surface area contributed by atoms with Crippen molar-refractivity contribution in [1.29, 1.82) is 0 Å². The van der Waals surface area contributed by atoms with Crippen LogP contribution in [0, 0.1) is 6.92 Å². The van der Waals surface area contributed by atoms with Gasteiger partial charge in [0.15, 0.2) is 5.82 Å². The number of anilines is 2. The minimum atomic E-state index is 0.0116. The van der Waals surface area contributed by atoms with E-state index in [1.807, 2.05) is 6.92 Å². The average Bonchev–Trinajstić information content (AvgIpc) is 2.44. The Hall–Kier alpha value is -1.72. The van der Waals surface area contributed by atoms with Crippen molar-refractivity contribution in [2.24, 2.45) is 0 Å². The summed E-state index contributed by atoms with van der Waals surface area (Å²) in [7, 11) is 5.22. The van der Waals surface area contributed by atoms with Crippen LogP contribution < -0.4 is 10.6 Å². The van der Waals surface area contributed by atoms with E-state index in [0.717, 1.165) is 5.82 Å². The predicted octanol–water partition coefficient (Wildman–Crippen LogP) is -0.175. The van der Waals surface area contributed by atoms with Crippen molar-refractivity contribution in [1.82, 2.24) is 14.9 Å². The lowest BCUT2D eigenvalue weighted by Gasteiger charge is -2.19. The summed E-state index contributed by atoms with van der Waals surface area (Å²) in [6, 6.07) is 0. The minimum absolute atomic E-state index is 0.0116. The highest BCUT2D eigenvalue weighted by Gasteiger charge is 2.14. The Labute approximate surface area is 89.1 Å². The number of hydrogen-bond acceptors (Lipinski definition) is 4. The van der Waals surface area contributed by atoms with E-state index in [-0.39, 0.29) is 12.5 Å². The van der Waals surface area contributed by atoms with Gasteiger partial charge in [0.1, 0.15) is 11.6 Å². The lowest BCUT2D eigenvalue weighted by Crippen LogP contribution is -2.34. The summed E-state index contributed by atoms with van der Waals surface area (Å²) < 4.78 is 0. The molecule has 0 saturated heterocycles. The Bertz CT molecular complexity index is 357. The highest BCUT2D eigenvalue weighted by atomic mass is 16.2. The standard InChI is InChI=1S/C9H17N5O/c1-6-11-8(10)9(12-6)14(4)5-7(15)13(2)3/h5,10H2,1-4H3,(H,11,12). The number of hydrogen-bond donors (Lipinski definition) is 2. The van der Waals surface area contributed by atoms with Crippen LogP contribution in [-0.2, 0) is 4.79 Å². The van der Waals surface area contributed by atoms with Gasteiger partial charge in [-0.2, -0.15) is 0 Å². The first-order valence-corrected chi connectivity index (χ1v) is 4.65. The summed E-state index contributed by atoms with van der Waals surface area (Å²) in [6.45, 7) is 2.09. The zero-order valence-corrected chi connectivity index (χ0v) is 9.53. The van der Waals surface area contributed by atoms with Crippen LogP contribution in [0.1, 0.15) is 5.82 Å². The second kappa shape index (κ2) is 4.20. The molecule has 1 amide bonds. The fourth-order valence-corrected chi connectivity index (χ4v) is 1.21. The number of aromatic amines is 1. The first-order valence-electron chi connectivity index (χ1n) is 4.65. The van der Waals surface area contributed by atoms with Crippen LogP contribution in [0.4, 0.5) is 11.6 Å². The first kappa shape index (κ1) is 11.4. The zero-order chi connectivity index (χ0) is 11.6. The van der Waals surface area contributed by atoms with Crippen LogP contribution in [0.25, 0.3) is 0 Å². The van der Waals surface area contributed by atoms with Crippen LogP contribution in [0.15, 0.2) is 0 Å². The number of rotatable bonds is 3. The summed E-state index contributed by atoms with van der Waals surface area (Å²) >= 11 is 0. The highest BCUT2D eigenvalue weighted by molar-refractivity contribution is 5.81. The molecule has 0 bridgehead atoms. The maximum atomic E-state index is 11.5. The number of carbonyl (C=O) groups is 1. The Morgan fingerprint density at radius 1 is 1.47 bits per heavy atom. The van der Waals surface area contributed by atoms with E-state index in [9.17, 15) is 4.79 Å². The lowest BCUT2D eigenvalue weighted by atomic mass is 10.4. The fourth-order valence-electron chi connectivity index (χ4n) is 1.21. The van der Waals surface area contributed by atoms with Crippen molar-refractivity contribution >= 4 is 17.5 Å². The highest BCUT2D eigenvalue weighted by Crippen LogP contribution is 2.17. The van der Waals surface area contributed by atoms with Gasteiger partial charge in [0, 0.05) is 21.1 Å². The van der Waals surface area contributed by atoms with Gasteiger partial charge in [0.25, 0.3) is 0 Å².